The van der Waals surface area contributed by atoms with Crippen LogP contribution in [0.5, 0.6) is 0 Å². The van der Waals surface area contributed by atoms with Crippen molar-refractivity contribution in [3.05, 3.63) is 11.4 Å². The molecule has 0 aromatic rings. The van der Waals surface area contributed by atoms with Gasteiger partial charge in [-0.3, -0.25) is 15.1 Å². The SMILES string of the molecule is NC(=O)C1=C2CNCN2CC=N1. The van der Waals surface area contributed by atoms with Gasteiger partial charge in [0, 0.05) is 12.8 Å². The van der Waals surface area contributed by atoms with Gasteiger partial charge in [-0.2, -0.15) is 0 Å². The van der Waals surface area contributed by atoms with Gasteiger partial charge in [0.2, 0.25) is 0 Å². The molecule has 3 N–H and O–H groups in total. The molecule has 1 fully saturated rings. The number of carbonyl (C=O) groups is 1. The molecule has 5 nitrogen and oxygen atoms in total. The number of fused-ring (bicyclic) bond motifs is 1. The Morgan fingerprint density at radius 3 is 3.33 bits per heavy atom. The summed E-state index contributed by atoms with van der Waals surface area (Å²) in [7, 11) is 0. The van der Waals surface area contributed by atoms with E-state index >= 15 is 0 Å². The van der Waals surface area contributed by atoms with Crippen LogP contribution in [0.3, 0.4) is 0 Å². The molecule has 64 valence electrons. The van der Waals surface area contributed by atoms with Gasteiger partial charge >= 0.3 is 0 Å². The summed E-state index contributed by atoms with van der Waals surface area (Å²) in [5, 5.41) is 3.13. The third-order valence-corrected chi connectivity index (χ3v) is 2.01. The summed E-state index contributed by atoms with van der Waals surface area (Å²) in [4.78, 5) is 16.9. The Morgan fingerprint density at radius 2 is 2.58 bits per heavy atom. The zero-order valence-electron chi connectivity index (χ0n) is 6.58. The van der Waals surface area contributed by atoms with Crippen molar-refractivity contribution < 1.29 is 4.79 Å². The Morgan fingerprint density at radius 1 is 1.75 bits per heavy atom. The predicted octanol–water partition coefficient (Wildman–Crippen LogP) is -1.37. The molecule has 0 unspecified atom stereocenters. The second-order valence-corrected chi connectivity index (χ2v) is 2.78. The monoisotopic (exact) mass is 166 g/mol. The van der Waals surface area contributed by atoms with Gasteiger partial charge in [0.1, 0.15) is 5.70 Å². The molecule has 0 aromatic heterocycles. The van der Waals surface area contributed by atoms with E-state index in [0.29, 0.717) is 12.2 Å². The minimum absolute atomic E-state index is 0.395. The van der Waals surface area contributed by atoms with Crippen LogP contribution < -0.4 is 11.1 Å². The highest BCUT2D eigenvalue weighted by Crippen LogP contribution is 2.16. The van der Waals surface area contributed by atoms with Crippen molar-refractivity contribution in [2.45, 2.75) is 0 Å². The lowest BCUT2D eigenvalue weighted by Crippen LogP contribution is -2.29. The molecule has 0 atom stereocenters. The standard InChI is InChI=1S/C7H10N4O/c8-7(12)6-5-3-9-4-11(5)2-1-10-6/h1,9H,2-4H2,(H2,8,12). The predicted molar refractivity (Wildman–Crippen MR) is 44.3 cm³/mol. The first-order valence-electron chi connectivity index (χ1n) is 3.80. The molecule has 0 aliphatic carbocycles. The van der Waals surface area contributed by atoms with E-state index in [1.165, 1.54) is 0 Å². The van der Waals surface area contributed by atoms with Gasteiger partial charge in [-0.15, -0.1) is 0 Å². The molecule has 2 rings (SSSR count). The highest BCUT2D eigenvalue weighted by molar-refractivity contribution is 5.94. The first-order chi connectivity index (χ1) is 5.79. The molecular weight excluding hydrogens is 156 g/mol. The van der Waals surface area contributed by atoms with Gasteiger partial charge in [-0.25, -0.2) is 0 Å². The molecule has 12 heavy (non-hydrogen) atoms. The van der Waals surface area contributed by atoms with Crippen LogP contribution in [0.4, 0.5) is 0 Å². The van der Waals surface area contributed by atoms with E-state index in [1.807, 2.05) is 4.90 Å². The fraction of sp³-hybridized carbons (Fsp3) is 0.429. The number of primary amides is 1. The maximum atomic E-state index is 10.9. The van der Waals surface area contributed by atoms with E-state index in [0.717, 1.165) is 18.9 Å². The molecule has 5 heteroatoms. The molecule has 0 saturated carbocycles. The molecule has 1 saturated heterocycles. The number of hydrogen-bond donors (Lipinski definition) is 2. The van der Waals surface area contributed by atoms with Crippen molar-refractivity contribution in [2.75, 3.05) is 19.8 Å². The molecule has 2 aliphatic rings. The fourth-order valence-corrected chi connectivity index (χ4v) is 1.44. The third kappa shape index (κ3) is 0.984. The van der Waals surface area contributed by atoms with Crippen molar-refractivity contribution in [3.8, 4) is 0 Å². The van der Waals surface area contributed by atoms with Gasteiger partial charge in [0.25, 0.3) is 5.91 Å². The lowest BCUT2D eigenvalue weighted by molar-refractivity contribution is -0.114. The highest BCUT2D eigenvalue weighted by atomic mass is 16.1. The molecule has 0 radical (unpaired) electrons. The van der Waals surface area contributed by atoms with Crippen molar-refractivity contribution >= 4 is 12.1 Å². The third-order valence-electron chi connectivity index (χ3n) is 2.01. The summed E-state index contributed by atoms with van der Waals surface area (Å²) in [6.45, 7) is 2.23. The summed E-state index contributed by atoms with van der Waals surface area (Å²) in [6, 6.07) is 0. The summed E-state index contributed by atoms with van der Waals surface area (Å²) < 4.78 is 0. The van der Waals surface area contributed by atoms with Crippen LogP contribution in [-0.4, -0.2) is 36.8 Å². The van der Waals surface area contributed by atoms with Gasteiger partial charge in [0.15, 0.2) is 0 Å². The smallest absolute Gasteiger partial charge is 0.269 e. The van der Waals surface area contributed by atoms with Crippen molar-refractivity contribution in [1.82, 2.24) is 10.2 Å². The summed E-state index contributed by atoms with van der Waals surface area (Å²) in [5.41, 5.74) is 6.47. The number of aliphatic imine (C=N–C) groups is 1. The summed E-state index contributed by atoms with van der Waals surface area (Å²) in [5.74, 6) is -0.449. The normalized spacial score (nSPS) is 21.5. The molecule has 1 amide bonds. The van der Waals surface area contributed by atoms with E-state index in [4.69, 9.17) is 5.73 Å². The molecule has 0 spiro atoms. The topological polar surface area (TPSA) is 70.7 Å². The Hall–Kier alpha value is -1.36. The first kappa shape index (κ1) is 7.30. The van der Waals surface area contributed by atoms with Crippen LogP contribution in [0.1, 0.15) is 0 Å². The summed E-state index contributed by atoms with van der Waals surface area (Å²) in [6.07, 6.45) is 1.70. The minimum atomic E-state index is -0.449. The molecule has 0 bridgehead atoms. The van der Waals surface area contributed by atoms with E-state index in [9.17, 15) is 4.79 Å². The Bertz CT molecular complexity index is 281. The van der Waals surface area contributed by atoms with E-state index in [1.54, 1.807) is 6.21 Å². The zero-order valence-corrected chi connectivity index (χ0v) is 6.58. The van der Waals surface area contributed by atoms with Crippen LogP contribution in [0.2, 0.25) is 0 Å². The lowest BCUT2D eigenvalue weighted by Gasteiger charge is -2.20. The fourth-order valence-electron chi connectivity index (χ4n) is 1.44. The van der Waals surface area contributed by atoms with Gasteiger partial charge in [0.05, 0.1) is 18.9 Å². The Labute approximate surface area is 69.9 Å². The van der Waals surface area contributed by atoms with Crippen molar-refractivity contribution in [1.29, 1.82) is 0 Å². The largest absolute Gasteiger partial charge is 0.364 e. The number of amides is 1. The average molecular weight is 166 g/mol. The number of nitrogens with zero attached hydrogens (tertiary/aromatic N) is 2. The van der Waals surface area contributed by atoms with Crippen molar-refractivity contribution in [2.24, 2.45) is 10.7 Å². The van der Waals surface area contributed by atoms with Gasteiger partial charge < -0.3 is 10.6 Å². The van der Waals surface area contributed by atoms with Crippen molar-refractivity contribution in [3.63, 3.8) is 0 Å². The number of nitrogens with two attached hydrogens (primary N) is 1. The average Bonchev–Trinajstić information content (AvgIpc) is 2.49. The Kier molecular flexibility index (Phi) is 1.58. The lowest BCUT2D eigenvalue weighted by atomic mass is 10.2. The van der Waals surface area contributed by atoms with E-state index < -0.39 is 5.91 Å². The number of carbonyl (C=O) groups excluding carboxylic acids is 1. The summed E-state index contributed by atoms with van der Waals surface area (Å²) >= 11 is 0. The van der Waals surface area contributed by atoms with Crippen LogP contribution in [0.15, 0.2) is 16.4 Å². The number of nitrogens with one attached hydrogen (secondary N) is 1. The van der Waals surface area contributed by atoms with Crippen LogP contribution >= 0.6 is 0 Å². The van der Waals surface area contributed by atoms with Gasteiger partial charge in [-0.05, 0) is 0 Å². The minimum Gasteiger partial charge on any atom is -0.364 e. The molecule has 2 aliphatic heterocycles. The number of rotatable bonds is 1. The van der Waals surface area contributed by atoms with Gasteiger partial charge in [-0.1, -0.05) is 0 Å². The second-order valence-electron chi connectivity index (χ2n) is 2.78. The first-order valence-corrected chi connectivity index (χ1v) is 3.80. The van der Waals surface area contributed by atoms with Crippen LogP contribution in [0, 0.1) is 0 Å². The van der Waals surface area contributed by atoms with E-state index in [-0.39, 0.29) is 0 Å². The molecule has 2 heterocycles. The second kappa shape index (κ2) is 2.60. The maximum Gasteiger partial charge on any atom is 0.269 e. The highest BCUT2D eigenvalue weighted by Gasteiger charge is 2.24. The number of hydrogen-bond acceptors (Lipinski definition) is 4. The van der Waals surface area contributed by atoms with Crippen LogP contribution in [-0.2, 0) is 4.79 Å². The maximum absolute atomic E-state index is 10.9. The zero-order chi connectivity index (χ0) is 8.55. The molecule has 0 aromatic carbocycles. The van der Waals surface area contributed by atoms with Crippen LogP contribution in [0.25, 0.3) is 0 Å². The van der Waals surface area contributed by atoms with E-state index in [2.05, 4.69) is 10.3 Å². The molecular formula is C7H10N4O. The quantitative estimate of drug-likeness (QED) is 0.505. The Balaban J connectivity index is 2.38.